The van der Waals surface area contributed by atoms with E-state index in [0.29, 0.717) is 23.5 Å². The van der Waals surface area contributed by atoms with E-state index in [9.17, 15) is 9.59 Å². The molecule has 2 unspecified atom stereocenters. The molecule has 0 fully saturated rings. The van der Waals surface area contributed by atoms with Crippen LogP contribution in [0, 0.1) is 5.92 Å². The van der Waals surface area contributed by atoms with Crippen LogP contribution in [-0.4, -0.2) is 30.4 Å². The molecule has 1 heterocycles. The molecule has 5 heteroatoms. The maximum atomic E-state index is 12.6. The van der Waals surface area contributed by atoms with E-state index < -0.39 is 12.1 Å². The highest BCUT2D eigenvalue weighted by Crippen LogP contribution is 2.36. The first-order chi connectivity index (χ1) is 10.4. The normalized spacial score (nSPS) is 18.9. The molecule has 0 aromatic heterocycles. The predicted molar refractivity (Wildman–Crippen MR) is 86.3 cm³/mol. The molecule has 120 valence electrons. The Balaban J connectivity index is 2.46. The molecule has 2 atom stereocenters. The molecule has 0 saturated carbocycles. The first kappa shape index (κ1) is 16.5. The summed E-state index contributed by atoms with van der Waals surface area (Å²) < 4.78 is 5.84. The number of ether oxygens (including phenoxy) is 1. The zero-order valence-electron chi connectivity index (χ0n) is 13.6. The SMILES string of the molecule is CCCN1C(=O)C(C(C)C)Oc2ccc(C(=O)C(C)N)cc21. The van der Waals surface area contributed by atoms with E-state index in [-0.39, 0.29) is 17.6 Å². The van der Waals surface area contributed by atoms with Gasteiger partial charge in [0.2, 0.25) is 0 Å². The molecule has 0 bridgehead atoms. The van der Waals surface area contributed by atoms with Gasteiger partial charge in [-0.2, -0.15) is 0 Å². The molecule has 1 aliphatic rings. The number of rotatable bonds is 5. The summed E-state index contributed by atoms with van der Waals surface area (Å²) in [5.41, 5.74) is 6.84. The second-order valence-corrected chi connectivity index (χ2v) is 6.11. The Labute approximate surface area is 131 Å². The van der Waals surface area contributed by atoms with E-state index in [0.717, 1.165) is 6.42 Å². The third-order valence-corrected chi connectivity index (χ3v) is 3.76. The summed E-state index contributed by atoms with van der Waals surface area (Å²) >= 11 is 0. The number of amides is 1. The molecule has 0 saturated heterocycles. The van der Waals surface area contributed by atoms with E-state index in [1.54, 1.807) is 30.0 Å². The van der Waals surface area contributed by atoms with Gasteiger partial charge in [0.15, 0.2) is 11.9 Å². The number of hydrogen-bond acceptors (Lipinski definition) is 4. The first-order valence-electron chi connectivity index (χ1n) is 7.78. The maximum absolute atomic E-state index is 12.6. The molecule has 2 rings (SSSR count). The summed E-state index contributed by atoms with van der Waals surface area (Å²) in [7, 11) is 0. The summed E-state index contributed by atoms with van der Waals surface area (Å²) in [6.45, 7) is 8.21. The van der Waals surface area contributed by atoms with Crippen molar-refractivity contribution in [2.45, 2.75) is 46.3 Å². The largest absolute Gasteiger partial charge is 0.478 e. The molecule has 22 heavy (non-hydrogen) atoms. The Morgan fingerprint density at radius 3 is 2.59 bits per heavy atom. The van der Waals surface area contributed by atoms with Gasteiger partial charge >= 0.3 is 0 Å². The Hall–Kier alpha value is -1.88. The van der Waals surface area contributed by atoms with Crippen molar-refractivity contribution in [3.63, 3.8) is 0 Å². The number of nitrogens with two attached hydrogens (primary N) is 1. The second kappa shape index (κ2) is 6.48. The van der Waals surface area contributed by atoms with Crippen molar-refractivity contribution in [3.05, 3.63) is 23.8 Å². The number of benzene rings is 1. The molecule has 5 nitrogen and oxygen atoms in total. The van der Waals surface area contributed by atoms with Crippen LogP contribution in [0.2, 0.25) is 0 Å². The highest BCUT2D eigenvalue weighted by molar-refractivity contribution is 6.04. The quantitative estimate of drug-likeness (QED) is 0.848. The van der Waals surface area contributed by atoms with Crippen LogP contribution in [0.5, 0.6) is 5.75 Å². The topological polar surface area (TPSA) is 72.6 Å². The number of nitrogens with zero attached hydrogens (tertiary/aromatic N) is 1. The highest BCUT2D eigenvalue weighted by Gasteiger charge is 2.36. The van der Waals surface area contributed by atoms with E-state index in [1.807, 2.05) is 20.8 Å². The highest BCUT2D eigenvalue weighted by atomic mass is 16.5. The number of ketones is 1. The Morgan fingerprint density at radius 1 is 1.36 bits per heavy atom. The Bertz CT molecular complexity index is 581. The number of anilines is 1. The van der Waals surface area contributed by atoms with Crippen molar-refractivity contribution < 1.29 is 14.3 Å². The number of fused-ring (bicyclic) bond motifs is 1. The zero-order valence-corrected chi connectivity index (χ0v) is 13.6. The fourth-order valence-electron chi connectivity index (χ4n) is 2.58. The lowest BCUT2D eigenvalue weighted by atomic mass is 10.00. The minimum atomic E-state index is -0.568. The average Bonchev–Trinajstić information content (AvgIpc) is 2.48. The predicted octanol–water partition coefficient (Wildman–Crippen LogP) is 2.38. The van der Waals surface area contributed by atoms with Crippen molar-refractivity contribution in [3.8, 4) is 5.75 Å². The minimum absolute atomic E-state index is 0.0465. The van der Waals surface area contributed by atoms with Crippen LogP contribution in [0.3, 0.4) is 0 Å². The lowest BCUT2D eigenvalue weighted by Gasteiger charge is -2.36. The smallest absolute Gasteiger partial charge is 0.268 e. The molecule has 1 aliphatic heterocycles. The van der Waals surface area contributed by atoms with Crippen LogP contribution in [0.1, 0.15) is 44.5 Å². The van der Waals surface area contributed by atoms with E-state index >= 15 is 0 Å². The Morgan fingerprint density at radius 2 is 2.05 bits per heavy atom. The van der Waals surface area contributed by atoms with Crippen molar-refractivity contribution >= 4 is 17.4 Å². The van der Waals surface area contributed by atoms with Gasteiger partial charge in [-0.05, 0) is 37.5 Å². The molecule has 0 spiro atoms. The Kier molecular flexibility index (Phi) is 4.86. The van der Waals surface area contributed by atoms with Crippen LogP contribution in [0.4, 0.5) is 5.69 Å². The third-order valence-electron chi connectivity index (χ3n) is 3.76. The zero-order chi connectivity index (χ0) is 16.4. The summed E-state index contributed by atoms with van der Waals surface area (Å²) in [6.07, 6.45) is 0.357. The first-order valence-corrected chi connectivity index (χ1v) is 7.78. The molecule has 0 radical (unpaired) electrons. The van der Waals surface area contributed by atoms with E-state index in [4.69, 9.17) is 10.5 Å². The molecule has 1 aromatic carbocycles. The summed E-state index contributed by atoms with van der Waals surface area (Å²) in [5.74, 6) is 0.547. The average molecular weight is 304 g/mol. The molecular formula is C17H24N2O3. The van der Waals surface area contributed by atoms with Gasteiger partial charge in [0.1, 0.15) is 5.75 Å². The lowest BCUT2D eigenvalue weighted by molar-refractivity contribution is -0.128. The minimum Gasteiger partial charge on any atom is -0.478 e. The van der Waals surface area contributed by atoms with Crippen LogP contribution in [-0.2, 0) is 4.79 Å². The van der Waals surface area contributed by atoms with Crippen molar-refractivity contribution in [1.29, 1.82) is 0 Å². The molecule has 0 aliphatic carbocycles. The summed E-state index contributed by atoms with van der Waals surface area (Å²) in [5, 5.41) is 0. The standard InChI is InChI=1S/C17H24N2O3/c1-5-8-19-13-9-12(15(20)11(4)18)6-7-14(13)22-16(10(2)3)17(19)21/h6-7,9-11,16H,5,8,18H2,1-4H3. The fourth-order valence-corrected chi connectivity index (χ4v) is 2.58. The maximum Gasteiger partial charge on any atom is 0.268 e. The van der Waals surface area contributed by atoms with Crippen molar-refractivity contribution in [2.75, 3.05) is 11.4 Å². The summed E-state index contributed by atoms with van der Waals surface area (Å²) in [4.78, 5) is 26.4. The van der Waals surface area contributed by atoms with E-state index in [2.05, 4.69) is 0 Å². The van der Waals surface area contributed by atoms with Gasteiger partial charge in [0, 0.05) is 12.1 Å². The number of hydrogen-bond donors (Lipinski definition) is 1. The molecule has 1 aromatic rings. The lowest BCUT2D eigenvalue weighted by Crippen LogP contribution is -2.48. The van der Waals surface area contributed by atoms with Gasteiger partial charge in [0.05, 0.1) is 11.7 Å². The van der Waals surface area contributed by atoms with Crippen molar-refractivity contribution in [1.82, 2.24) is 0 Å². The van der Waals surface area contributed by atoms with Gasteiger partial charge in [-0.25, -0.2) is 0 Å². The molecular weight excluding hydrogens is 280 g/mol. The number of Topliss-reactive ketones (excluding diaryl/α,β-unsaturated/α-hetero) is 1. The van der Waals surface area contributed by atoms with Gasteiger partial charge in [-0.1, -0.05) is 20.8 Å². The summed E-state index contributed by atoms with van der Waals surface area (Å²) in [6, 6.07) is 4.61. The molecule has 1 amide bonds. The number of carbonyl (C=O) groups excluding carboxylic acids is 2. The van der Waals surface area contributed by atoms with Gasteiger partial charge < -0.3 is 15.4 Å². The van der Waals surface area contributed by atoms with Gasteiger partial charge in [-0.3, -0.25) is 9.59 Å². The third kappa shape index (κ3) is 2.99. The van der Waals surface area contributed by atoms with Crippen LogP contribution >= 0.6 is 0 Å². The fraction of sp³-hybridized carbons (Fsp3) is 0.529. The van der Waals surface area contributed by atoms with Gasteiger partial charge in [0.25, 0.3) is 5.91 Å². The van der Waals surface area contributed by atoms with Crippen molar-refractivity contribution in [2.24, 2.45) is 11.7 Å². The monoisotopic (exact) mass is 304 g/mol. The molecule has 2 N–H and O–H groups in total. The van der Waals surface area contributed by atoms with Crippen LogP contribution in [0.15, 0.2) is 18.2 Å². The van der Waals surface area contributed by atoms with Crippen LogP contribution < -0.4 is 15.4 Å². The van der Waals surface area contributed by atoms with E-state index in [1.165, 1.54) is 0 Å². The van der Waals surface area contributed by atoms with Crippen LogP contribution in [0.25, 0.3) is 0 Å². The van der Waals surface area contributed by atoms with Gasteiger partial charge in [-0.15, -0.1) is 0 Å². The second-order valence-electron chi connectivity index (χ2n) is 6.11. The number of carbonyl (C=O) groups is 2.